The molecule has 0 amide bonds. The lowest BCUT2D eigenvalue weighted by Gasteiger charge is -2.62. The fourth-order valence-corrected chi connectivity index (χ4v) is 9.66. The fraction of sp³-hybridized carbons (Fsp3) is 0.571. The summed E-state index contributed by atoms with van der Waals surface area (Å²) in [6, 6.07) is 18.5. The molecule has 2 aromatic rings. The van der Waals surface area contributed by atoms with Crippen molar-refractivity contribution in [3.8, 4) is 0 Å². The molecular formula is C35H42O5. The molecule has 5 heteroatoms. The van der Waals surface area contributed by atoms with Gasteiger partial charge in [0.2, 0.25) is 0 Å². The Balaban J connectivity index is 1.24. The third kappa shape index (κ3) is 4.50. The van der Waals surface area contributed by atoms with E-state index in [1.807, 2.05) is 48.5 Å². The number of carbonyl (C=O) groups excluding carboxylic acids is 3. The van der Waals surface area contributed by atoms with Crippen molar-refractivity contribution in [3.05, 3.63) is 71.8 Å². The smallest absolute Gasteiger partial charge is 0.338 e. The highest BCUT2D eigenvalue weighted by molar-refractivity contribution is 5.90. The van der Waals surface area contributed by atoms with E-state index in [0.717, 1.165) is 51.4 Å². The second kappa shape index (κ2) is 10.5. The van der Waals surface area contributed by atoms with Crippen LogP contribution in [0.5, 0.6) is 0 Å². The molecular weight excluding hydrogens is 500 g/mol. The van der Waals surface area contributed by atoms with Crippen LogP contribution in [-0.4, -0.2) is 29.9 Å². The normalized spacial score (nSPS) is 38.3. The molecule has 0 heterocycles. The lowest BCUT2D eigenvalue weighted by atomic mass is 9.44. The maximum absolute atomic E-state index is 13.3. The van der Waals surface area contributed by atoms with E-state index in [9.17, 15) is 14.4 Å². The van der Waals surface area contributed by atoms with Gasteiger partial charge in [-0.2, -0.15) is 0 Å². The van der Waals surface area contributed by atoms with Crippen LogP contribution in [0.1, 0.15) is 92.9 Å². The number of fused-ring (bicyclic) bond motifs is 5. The predicted molar refractivity (Wildman–Crippen MR) is 153 cm³/mol. The Kier molecular flexibility index (Phi) is 7.13. The van der Waals surface area contributed by atoms with Crippen molar-refractivity contribution >= 4 is 17.7 Å². The molecule has 4 aliphatic carbocycles. The van der Waals surface area contributed by atoms with Gasteiger partial charge in [0.05, 0.1) is 11.1 Å². The third-order valence-electron chi connectivity index (χ3n) is 11.7. The van der Waals surface area contributed by atoms with Crippen molar-refractivity contribution in [1.82, 2.24) is 0 Å². The van der Waals surface area contributed by atoms with Gasteiger partial charge in [0.25, 0.3) is 0 Å². The molecule has 5 nitrogen and oxygen atoms in total. The van der Waals surface area contributed by atoms with Gasteiger partial charge in [-0.05, 0) is 112 Å². The van der Waals surface area contributed by atoms with E-state index in [1.54, 1.807) is 19.1 Å². The van der Waals surface area contributed by atoms with Crippen LogP contribution in [0, 0.1) is 40.4 Å². The Bertz CT molecular complexity index is 1260. The van der Waals surface area contributed by atoms with Crippen LogP contribution < -0.4 is 0 Å². The summed E-state index contributed by atoms with van der Waals surface area (Å²) in [5.74, 6) is 1.45. The summed E-state index contributed by atoms with van der Waals surface area (Å²) in [5.41, 5.74) is 0.945. The van der Waals surface area contributed by atoms with E-state index in [4.69, 9.17) is 9.47 Å². The zero-order valence-electron chi connectivity index (χ0n) is 24.0. The Morgan fingerprint density at radius 2 is 1.35 bits per heavy atom. The summed E-state index contributed by atoms with van der Waals surface area (Å²) in [5, 5.41) is 0. The average molecular weight is 543 g/mol. The molecule has 9 atom stereocenters. The van der Waals surface area contributed by atoms with Crippen LogP contribution in [0.15, 0.2) is 60.7 Å². The first kappa shape index (κ1) is 27.2. The van der Waals surface area contributed by atoms with Crippen LogP contribution in [0.4, 0.5) is 0 Å². The minimum atomic E-state index is -0.330. The largest absolute Gasteiger partial charge is 0.459 e. The number of esters is 2. The van der Waals surface area contributed by atoms with E-state index < -0.39 is 0 Å². The maximum Gasteiger partial charge on any atom is 0.338 e. The molecule has 6 rings (SSSR count). The van der Waals surface area contributed by atoms with Gasteiger partial charge in [0.1, 0.15) is 18.0 Å². The highest BCUT2D eigenvalue weighted by Gasteiger charge is 2.65. The number of Topliss-reactive ketones (excluding diaryl/α,β-unsaturated/α-hetero) is 1. The number of ether oxygens (including phenoxy) is 2. The highest BCUT2D eigenvalue weighted by atomic mass is 16.5. The van der Waals surface area contributed by atoms with E-state index in [1.165, 1.54) is 0 Å². The Morgan fingerprint density at radius 1 is 0.725 bits per heavy atom. The molecule has 0 aromatic heterocycles. The minimum Gasteiger partial charge on any atom is -0.459 e. The molecule has 0 saturated heterocycles. The number of hydrogen-bond donors (Lipinski definition) is 0. The standard InChI is InChI=1S/C35H42O5/c1-22(36)28-16-17-29-27-15-14-25-20-26(39-32(37)23-10-6-4-7-11-23)18-19-34(25,2)30(27)21-31(35(28,29)3)40-33(38)24-12-8-5-9-13-24/h4-13,25-31H,14-21H2,1-3H3/t25-,26+,27+,28-,29+,30+,31+,34+,35-/m1/s1. The number of ketones is 1. The lowest BCUT2D eigenvalue weighted by molar-refractivity contribution is -0.175. The zero-order chi connectivity index (χ0) is 28.1. The Hall–Kier alpha value is -2.95. The predicted octanol–water partition coefficient (Wildman–Crippen LogP) is 7.30. The molecule has 0 N–H and O–H groups in total. The first-order chi connectivity index (χ1) is 19.2. The fourth-order valence-electron chi connectivity index (χ4n) is 9.66. The van der Waals surface area contributed by atoms with Crippen molar-refractivity contribution < 1.29 is 23.9 Å². The van der Waals surface area contributed by atoms with E-state index in [-0.39, 0.29) is 46.7 Å². The summed E-state index contributed by atoms with van der Waals surface area (Å²) in [6.07, 6.45) is 7.40. The molecule has 40 heavy (non-hydrogen) atoms. The second-order valence-corrected chi connectivity index (χ2v) is 13.4. The summed E-state index contributed by atoms with van der Waals surface area (Å²) in [6.45, 7) is 6.40. The van der Waals surface area contributed by atoms with Crippen molar-refractivity contribution in [2.24, 2.45) is 40.4 Å². The molecule has 0 aliphatic heterocycles. The molecule has 4 fully saturated rings. The molecule has 2 aromatic carbocycles. The number of carbonyl (C=O) groups is 3. The van der Waals surface area contributed by atoms with Crippen LogP contribution in [0.3, 0.4) is 0 Å². The molecule has 0 bridgehead atoms. The summed E-state index contributed by atoms with van der Waals surface area (Å²) in [7, 11) is 0. The first-order valence-corrected chi connectivity index (χ1v) is 15.2. The van der Waals surface area contributed by atoms with Gasteiger partial charge in [-0.15, -0.1) is 0 Å². The van der Waals surface area contributed by atoms with Crippen LogP contribution in [0.25, 0.3) is 0 Å². The van der Waals surface area contributed by atoms with Crippen LogP contribution in [-0.2, 0) is 14.3 Å². The van der Waals surface area contributed by atoms with E-state index >= 15 is 0 Å². The molecule has 0 unspecified atom stereocenters. The minimum absolute atomic E-state index is 0.0588. The third-order valence-corrected chi connectivity index (χ3v) is 11.7. The van der Waals surface area contributed by atoms with Crippen molar-refractivity contribution in [1.29, 1.82) is 0 Å². The second-order valence-electron chi connectivity index (χ2n) is 13.4. The number of rotatable bonds is 5. The molecule has 0 spiro atoms. The SMILES string of the molecule is CC(=O)[C@H]1CC[C@H]2[C@@H]3CC[C@@H]4C[C@@H](OC(=O)c5ccccc5)CC[C@]4(C)[C@H]3C[C@H](OC(=O)c3ccccc3)[C@]12C. The molecule has 0 radical (unpaired) electrons. The Morgan fingerprint density at radius 3 is 1.98 bits per heavy atom. The number of hydrogen-bond acceptors (Lipinski definition) is 5. The molecule has 212 valence electrons. The van der Waals surface area contributed by atoms with Gasteiger partial charge in [-0.25, -0.2) is 9.59 Å². The van der Waals surface area contributed by atoms with Crippen molar-refractivity contribution in [2.45, 2.75) is 84.3 Å². The number of benzene rings is 2. The van der Waals surface area contributed by atoms with Crippen LogP contribution in [0.2, 0.25) is 0 Å². The van der Waals surface area contributed by atoms with Gasteiger partial charge < -0.3 is 9.47 Å². The van der Waals surface area contributed by atoms with Gasteiger partial charge in [0, 0.05) is 11.3 Å². The summed E-state index contributed by atoms with van der Waals surface area (Å²) >= 11 is 0. The van der Waals surface area contributed by atoms with E-state index in [2.05, 4.69) is 13.8 Å². The van der Waals surface area contributed by atoms with Gasteiger partial charge in [-0.1, -0.05) is 50.2 Å². The van der Waals surface area contributed by atoms with Gasteiger partial charge in [0.15, 0.2) is 0 Å². The van der Waals surface area contributed by atoms with Gasteiger partial charge >= 0.3 is 11.9 Å². The van der Waals surface area contributed by atoms with Gasteiger partial charge in [-0.3, -0.25) is 4.79 Å². The average Bonchev–Trinajstić information content (AvgIpc) is 3.33. The summed E-state index contributed by atoms with van der Waals surface area (Å²) < 4.78 is 12.4. The lowest BCUT2D eigenvalue weighted by Crippen LogP contribution is -2.59. The topological polar surface area (TPSA) is 69.7 Å². The zero-order valence-corrected chi connectivity index (χ0v) is 24.0. The van der Waals surface area contributed by atoms with Crippen molar-refractivity contribution in [3.63, 3.8) is 0 Å². The Labute approximate surface area is 238 Å². The van der Waals surface area contributed by atoms with E-state index in [0.29, 0.717) is 34.8 Å². The molecule has 4 aliphatic rings. The highest BCUT2D eigenvalue weighted by Crippen LogP contribution is 2.68. The van der Waals surface area contributed by atoms with Crippen molar-refractivity contribution in [2.75, 3.05) is 0 Å². The van der Waals surface area contributed by atoms with Crippen LogP contribution >= 0.6 is 0 Å². The maximum atomic E-state index is 13.3. The quantitative estimate of drug-likeness (QED) is 0.371. The first-order valence-electron chi connectivity index (χ1n) is 15.2. The molecule has 4 saturated carbocycles. The summed E-state index contributed by atoms with van der Waals surface area (Å²) in [4.78, 5) is 39.0. The monoisotopic (exact) mass is 542 g/mol.